The van der Waals surface area contributed by atoms with Crippen LogP contribution in [0.2, 0.25) is 0 Å². The summed E-state index contributed by atoms with van der Waals surface area (Å²) in [6.45, 7) is 3.66. The molecule has 0 aromatic carbocycles. The fraction of sp³-hybridized carbons (Fsp3) is 0.750. The highest BCUT2D eigenvalue weighted by molar-refractivity contribution is 5.76. The minimum absolute atomic E-state index is 0.203. The van der Waals surface area contributed by atoms with Gasteiger partial charge in [0.2, 0.25) is 5.91 Å². The highest BCUT2D eigenvalue weighted by Gasteiger charge is 2.44. The van der Waals surface area contributed by atoms with Gasteiger partial charge in [0.15, 0.2) is 6.29 Å². The smallest absolute Gasteiger partial charge is 0.220 e. The molecule has 7 atom stereocenters. The Morgan fingerprint density at radius 3 is 1.33 bits per heavy atom. The molecular formula is C60H105NO8. The van der Waals surface area contributed by atoms with Crippen molar-refractivity contribution in [2.45, 2.75) is 275 Å². The Hall–Kier alpha value is -2.63. The lowest BCUT2D eigenvalue weighted by Gasteiger charge is -2.40. The quantitative estimate of drug-likeness (QED) is 0.0261. The number of aliphatic hydroxyl groups is 5. The Labute approximate surface area is 422 Å². The predicted molar refractivity (Wildman–Crippen MR) is 290 cm³/mol. The first kappa shape index (κ1) is 64.4. The van der Waals surface area contributed by atoms with Crippen molar-refractivity contribution in [3.05, 3.63) is 85.1 Å². The van der Waals surface area contributed by atoms with E-state index in [1.54, 1.807) is 6.08 Å². The second kappa shape index (κ2) is 49.0. The zero-order valence-electron chi connectivity index (χ0n) is 44.0. The number of hydrogen-bond donors (Lipinski definition) is 6. The van der Waals surface area contributed by atoms with Crippen molar-refractivity contribution in [3.8, 4) is 0 Å². The maximum absolute atomic E-state index is 13.0. The fourth-order valence-electron chi connectivity index (χ4n) is 8.51. The van der Waals surface area contributed by atoms with E-state index in [2.05, 4.69) is 92.1 Å². The summed E-state index contributed by atoms with van der Waals surface area (Å²) in [7, 11) is 0. The monoisotopic (exact) mass is 968 g/mol. The zero-order chi connectivity index (χ0) is 50.1. The van der Waals surface area contributed by atoms with E-state index in [-0.39, 0.29) is 12.5 Å². The number of aliphatic hydroxyl groups excluding tert-OH is 5. The Bertz CT molecular complexity index is 1350. The van der Waals surface area contributed by atoms with Gasteiger partial charge in [-0.1, -0.05) is 240 Å². The number of carbonyl (C=O) groups excluding carboxylic acids is 1. The summed E-state index contributed by atoms with van der Waals surface area (Å²) < 4.78 is 11.3. The maximum atomic E-state index is 13.0. The van der Waals surface area contributed by atoms with Gasteiger partial charge in [-0.3, -0.25) is 4.79 Å². The van der Waals surface area contributed by atoms with Gasteiger partial charge in [-0.2, -0.15) is 0 Å². The van der Waals surface area contributed by atoms with Gasteiger partial charge in [-0.05, 0) is 70.6 Å². The number of ether oxygens (including phenoxy) is 2. The van der Waals surface area contributed by atoms with Crippen molar-refractivity contribution in [2.24, 2.45) is 0 Å². The first-order valence-electron chi connectivity index (χ1n) is 28.3. The summed E-state index contributed by atoms with van der Waals surface area (Å²) in [4.78, 5) is 13.0. The summed E-state index contributed by atoms with van der Waals surface area (Å²) in [6, 6.07) is -0.825. The van der Waals surface area contributed by atoms with Crippen molar-refractivity contribution in [1.29, 1.82) is 0 Å². The molecule has 9 heteroatoms. The Balaban J connectivity index is 2.29. The molecule has 1 aliphatic rings. The Morgan fingerprint density at radius 1 is 0.507 bits per heavy atom. The predicted octanol–water partition coefficient (Wildman–Crippen LogP) is 13.8. The van der Waals surface area contributed by atoms with Gasteiger partial charge >= 0.3 is 0 Å². The van der Waals surface area contributed by atoms with Crippen LogP contribution in [0.1, 0.15) is 232 Å². The topological polar surface area (TPSA) is 149 Å². The molecule has 0 bridgehead atoms. The number of hydrogen-bond acceptors (Lipinski definition) is 8. The molecule has 0 radical (unpaired) electrons. The first-order chi connectivity index (χ1) is 33.8. The first-order valence-corrected chi connectivity index (χ1v) is 28.3. The largest absolute Gasteiger partial charge is 0.394 e. The van der Waals surface area contributed by atoms with Crippen LogP contribution in [-0.4, -0.2) is 87.5 Å². The van der Waals surface area contributed by atoms with E-state index in [1.165, 1.54) is 122 Å². The summed E-state index contributed by atoms with van der Waals surface area (Å²) in [5.74, 6) is -0.203. The molecule has 0 aromatic heterocycles. The number of carbonyl (C=O) groups is 1. The molecule has 9 nitrogen and oxygen atoms in total. The number of unbranched alkanes of at least 4 members (excludes halogenated alkanes) is 25. The second-order valence-electron chi connectivity index (χ2n) is 19.4. The van der Waals surface area contributed by atoms with Crippen LogP contribution >= 0.6 is 0 Å². The van der Waals surface area contributed by atoms with Gasteiger partial charge in [0.25, 0.3) is 0 Å². The van der Waals surface area contributed by atoms with Crippen molar-refractivity contribution in [3.63, 3.8) is 0 Å². The summed E-state index contributed by atoms with van der Waals surface area (Å²) in [5, 5.41) is 54.5. The molecule has 7 unspecified atom stereocenters. The molecule has 0 spiro atoms. The molecule has 1 heterocycles. The van der Waals surface area contributed by atoms with Crippen molar-refractivity contribution < 1.29 is 39.8 Å². The van der Waals surface area contributed by atoms with Gasteiger partial charge < -0.3 is 40.3 Å². The average molecular weight is 968 g/mol. The van der Waals surface area contributed by atoms with Crippen molar-refractivity contribution in [2.75, 3.05) is 13.2 Å². The van der Waals surface area contributed by atoms with Gasteiger partial charge in [0.1, 0.15) is 24.4 Å². The molecule has 398 valence electrons. The molecule has 6 N–H and O–H groups in total. The van der Waals surface area contributed by atoms with Crippen LogP contribution in [0.4, 0.5) is 0 Å². The summed E-state index contributed by atoms with van der Waals surface area (Å²) in [6.07, 6.45) is 62.1. The zero-order valence-corrected chi connectivity index (χ0v) is 44.0. The van der Waals surface area contributed by atoms with Crippen LogP contribution in [-0.2, 0) is 14.3 Å². The molecule has 69 heavy (non-hydrogen) atoms. The lowest BCUT2D eigenvalue weighted by atomic mass is 9.99. The molecular weight excluding hydrogens is 863 g/mol. The minimum Gasteiger partial charge on any atom is -0.394 e. The van der Waals surface area contributed by atoms with E-state index >= 15 is 0 Å². The number of nitrogens with one attached hydrogen (secondary N) is 1. The Kier molecular flexibility index (Phi) is 45.7. The van der Waals surface area contributed by atoms with Crippen LogP contribution < -0.4 is 5.32 Å². The normalized spacial score (nSPS) is 20.1. The van der Waals surface area contributed by atoms with Crippen molar-refractivity contribution >= 4 is 5.91 Å². The van der Waals surface area contributed by atoms with Crippen LogP contribution in [0.5, 0.6) is 0 Å². The highest BCUT2D eigenvalue weighted by Crippen LogP contribution is 2.23. The van der Waals surface area contributed by atoms with Crippen LogP contribution in [0.3, 0.4) is 0 Å². The Morgan fingerprint density at radius 2 is 0.899 bits per heavy atom. The van der Waals surface area contributed by atoms with E-state index < -0.39 is 49.5 Å². The molecule has 0 aliphatic carbocycles. The standard InChI is InChI=1S/C60H105NO8/c1-3-5-7-9-11-13-15-17-19-21-23-25-27-29-31-33-35-37-39-41-43-45-47-49-54(63)53(52-68-60-59(67)58(66)57(65)55(51-62)69-60)61-56(64)50-48-46-44-42-40-38-36-34-32-30-28-26-24-22-20-18-16-14-12-10-8-6-4-2/h6,8,12,14,18,20,24,26,30,32,36,38,47,49,53-55,57-60,62-63,65-67H,3-5,7,9-11,13,15-17,19,21-23,25,27-29,31,33-35,37,39-46,48,50-52H2,1-2H3,(H,61,64)/b8-6-,14-12-,20-18-,26-24-,32-30-,38-36-,49-47+. The molecule has 1 rings (SSSR count). The molecule has 1 fully saturated rings. The third-order valence-corrected chi connectivity index (χ3v) is 13.0. The fourth-order valence-corrected chi connectivity index (χ4v) is 8.51. The van der Waals surface area contributed by atoms with E-state index in [4.69, 9.17) is 9.47 Å². The summed E-state index contributed by atoms with van der Waals surface area (Å²) >= 11 is 0. The highest BCUT2D eigenvalue weighted by atomic mass is 16.7. The molecule has 1 aliphatic heterocycles. The lowest BCUT2D eigenvalue weighted by molar-refractivity contribution is -0.302. The van der Waals surface area contributed by atoms with E-state index in [0.29, 0.717) is 6.42 Å². The van der Waals surface area contributed by atoms with Gasteiger partial charge in [-0.25, -0.2) is 0 Å². The van der Waals surface area contributed by atoms with Gasteiger partial charge in [0, 0.05) is 6.42 Å². The maximum Gasteiger partial charge on any atom is 0.220 e. The third-order valence-electron chi connectivity index (χ3n) is 13.0. The van der Waals surface area contributed by atoms with E-state index in [1.807, 2.05) is 6.08 Å². The summed E-state index contributed by atoms with van der Waals surface area (Å²) in [5.41, 5.74) is 0. The van der Waals surface area contributed by atoms with E-state index in [0.717, 1.165) is 89.9 Å². The van der Waals surface area contributed by atoms with Crippen LogP contribution in [0.25, 0.3) is 0 Å². The van der Waals surface area contributed by atoms with Crippen LogP contribution in [0, 0.1) is 0 Å². The number of rotatable bonds is 47. The molecule has 0 aromatic rings. The average Bonchev–Trinajstić information content (AvgIpc) is 3.35. The molecule has 0 saturated carbocycles. The molecule has 1 amide bonds. The molecule has 1 saturated heterocycles. The third kappa shape index (κ3) is 38.7. The lowest BCUT2D eigenvalue weighted by Crippen LogP contribution is -2.60. The number of allylic oxidation sites excluding steroid dienone is 13. The van der Waals surface area contributed by atoms with Gasteiger partial charge in [-0.15, -0.1) is 0 Å². The van der Waals surface area contributed by atoms with Crippen LogP contribution in [0.15, 0.2) is 85.1 Å². The SMILES string of the molecule is CC/C=C\C/C=C\C/C=C\C/C=C\C/C=C\C/C=C\CCCCCCC(=O)NC(COC1OC(CO)C(O)C(O)C1O)C(O)/C=C/CCCCCCCCCCCCCCCCCCCCCCC. The van der Waals surface area contributed by atoms with E-state index in [9.17, 15) is 30.3 Å². The number of amides is 1. The van der Waals surface area contributed by atoms with Crippen molar-refractivity contribution in [1.82, 2.24) is 5.32 Å². The van der Waals surface area contributed by atoms with Gasteiger partial charge in [0.05, 0.1) is 25.4 Å². The minimum atomic E-state index is -1.58. The second-order valence-corrected chi connectivity index (χ2v) is 19.4.